The monoisotopic (exact) mass is 226 g/mol. The maximum atomic E-state index is 5.66. The first kappa shape index (κ1) is 10.8. The third kappa shape index (κ3) is 2.66. The number of aromatic nitrogens is 2. The molecule has 1 fully saturated rings. The maximum absolute atomic E-state index is 5.66. The Hall–Kier alpha value is -0.680. The van der Waals surface area contributed by atoms with Gasteiger partial charge < -0.3 is 10.6 Å². The fourth-order valence-electron chi connectivity index (χ4n) is 2.26. The Kier molecular flexibility index (Phi) is 3.91. The highest BCUT2D eigenvalue weighted by Crippen LogP contribution is 2.27. The van der Waals surface area contributed by atoms with Gasteiger partial charge in [-0.3, -0.25) is 0 Å². The van der Waals surface area contributed by atoms with Crippen LogP contribution in [0.1, 0.15) is 32.1 Å². The minimum atomic E-state index is 0.634. The molecule has 0 aromatic carbocycles. The molecular formula is C10H18N4S. The van der Waals surface area contributed by atoms with E-state index in [4.69, 9.17) is 5.73 Å². The molecule has 2 N–H and O–H groups in total. The zero-order valence-electron chi connectivity index (χ0n) is 8.93. The van der Waals surface area contributed by atoms with Gasteiger partial charge in [-0.15, -0.1) is 0 Å². The van der Waals surface area contributed by atoms with Crippen LogP contribution in [0.15, 0.2) is 6.33 Å². The van der Waals surface area contributed by atoms with Crippen molar-refractivity contribution in [3.63, 3.8) is 0 Å². The number of anilines is 1. The van der Waals surface area contributed by atoms with Gasteiger partial charge in [0.1, 0.15) is 6.33 Å². The standard InChI is InChI=1S/C10H18N4S/c11-6-7-14(10-12-8-13-15-10)9-4-2-1-3-5-9/h8-9H,1-7,11H2. The van der Waals surface area contributed by atoms with Gasteiger partial charge in [0.05, 0.1) is 0 Å². The van der Waals surface area contributed by atoms with E-state index in [0.717, 1.165) is 11.7 Å². The van der Waals surface area contributed by atoms with Crippen molar-refractivity contribution in [2.24, 2.45) is 5.73 Å². The summed E-state index contributed by atoms with van der Waals surface area (Å²) in [4.78, 5) is 6.63. The first-order valence-corrected chi connectivity index (χ1v) is 6.42. The summed E-state index contributed by atoms with van der Waals surface area (Å²) in [5.74, 6) is 0. The van der Waals surface area contributed by atoms with Crippen molar-refractivity contribution < 1.29 is 0 Å². The summed E-state index contributed by atoms with van der Waals surface area (Å²) in [7, 11) is 0. The lowest BCUT2D eigenvalue weighted by Gasteiger charge is -2.33. The van der Waals surface area contributed by atoms with Crippen LogP contribution in [0.5, 0.6) is 0 Å². The van der Waals surface area contributed by atoms with E-state index in [9.17, 15) is 0 Å². The number of rotatable bonds is 4. The molecule has 1 aromatic rings. The fraction of sp³-hybridized carbons (Fsp3) is 0.800. The zero-order chi connectivity index (χ0) is 10.5. The number of hydrogen-bond acceptors (Lipinski definition) is 5. The van der Waals surface area contributed by atoms with Crippen molar-refractivity contribution in [3.8, 4) is 0 Å². The van der Waals surface area contributed by atoms with Gasteiger partial charge in [-0.05, 0) is 12.8 Å². The van der Waals surface area contributed by atoms with Crippen molar-refractivity contribution >= 4 is 16.7 Å². The third-order valence-corrected chi connectivity index (χ3v) is 3.68. The van der Waals surface area contributed by atoms with Gasteiger partial charge in [0.25, 0.3) is 0 Å². The summed E-state index contributed by atoms with van der Waals surface area (Å²) >= 11 is 1.47. The lowest BCUT2D eigenvalue weighted by Crippen LogP contribution is -2.40. The van der Waals surface area contributed by atoms with Crippen molar-refractivity contribution in [1.29, 1.82) is 0 Å². The van der Waals surface area contributed by atoms with Gasteiger partial charge in [-0.25, -0.2) is 4.98 Å². The largest absolute Gasteiger partial charge is 0.343 e. The predicted octanol–water partition coefficient (Wildman–Crippen LogP) is 1.64. The second-order valence-electron chi connectivity index (χ2n) is 4.00. The van der Waals surface area contributed by atoms with E-state index in [0.29, 0.717) is 12.6 Å². The van der Waals surface area contributed by atoms with E-state index in [1.807, 2.05) is 0 Å². The van der Waals surface area contributed by atoms with Crippen LogP contribution < -0.4 is 10.6 Å². The molecule has 0 amide bonds. The van der Waals surface area contributed by atoms with Gasteiger partial charge in [0.15, 0.2) is 0 Å². The minimum absolute atomic E-state index is 0.634. The van der Waals surface area contributed by atoms with Crippen molar-refractivity contribution in [1.82, 2.24) is 9.36 Å². The van der Waals surface area contributed by atoms with Crippen LogP contribution in [0, 0.1) is 0 Å². The molecule has 1 heterocycles. The van der Waals surface area contributed by atoms with E-state index in [1.165, 1.54) is 43.6 Å². The molecule has 4 nitrogen and oxygen atoms in total. The van der Waals surface area contributed by atoms with Crippen LogP contribution in [0.4, 0.5) is 5.13 Å². The smallest absolute Gasteiger partial charge is 0.205 e. The second kappa shape index (κ2) is 5.42. The molecule has 84 valence electrons. The van der Waals surface area contributed by atoms with Crippen LogP contribution in [0.3, 0.4) is 0 Å². The van der Waals surface area contributed by atoms with Crippen molar-refractivity contribution in [2.45, 2.75) is 38.1 Å². The Balaban J connectivity index is 2.04. The molecule has 0 radical (unpaired) electrons. The molecule has 1 aliphatic rings. The zero-order valence-corrected chi connectivity index (χ0v) is 9.75. The number of nitrogens with two attached hydrogens (primary N) is 1. The topological polar surface area (TPSA) is 55.0 Å². The predicted molar refractivity (Wildman–Crippen MR) is 63.2 cm³/mol. The first-order valence-electron chi connectivity index (χ1n) is 5.65. The molecule has 15 heavy (non-hydrogen) atoms. The van der Waals surface area contributed by atoms with E-state index in [1.54, 1.807) is 6.33 Å². The van der Waals surface area contributed by atoms with Gasteiger partial charge in [0, 0.05) is 30.7 Å². The third-order valence-electron chi connectivity index (χ3n) is 2.98. The Labute approximate surface area is 94.7 Å². The molecule has 1 saturated carbocycles. The molecule has 0 atom stereocenters. The molecule has 2 rings (SSSR count). The average molecular weight is 226 g/mol. The molecule has 1 aliphatic carbocycles. The summed E-state index contributed by atoms with van der Waals surface area (Å²) < 4.78 is 4.07. The Morgan fingerprint density at radius 2 is 2.20 bits per heavy atom. The van der Waals surface area contributed by atoms with Crippen LogP contribution >= 0.6 is 11.5 Å². The Morgan fingerprint density at radius 3 is 2.80 bits per heavy atom. The highest BCUT2D eigenvalue weighted by molar-refractivity contribution is 7.09. The fourth-order valence-corrected chi connectivity index (χ4v) is 2.89. The highest BCUT2D eigenvalue weighted by atomic mass is 32.1. The summed E-state index contributed by atoms with van der Waals surface area (Å²) in [6.45, 7) is 1.59. The SMILES string of the molecule is NCCN(c1ncns1)C1CCCCC1. The van der Waals surface area contributed by atoms with Crippen LogP contribution in [0.25, 0.3) is 0 Å². The van der Waals surface area contributed by atoms with E-state index < -0.39 is 0 Å². The highest BCUT2D eigenvalue weighted by Gasteiger charge is 2.22. The molecule has 0 spiro atoms. The molecule has 0 unspecified atom stereocenters. The molecular weight excluding hydrogens is 208 g/mol. The van der Waals surface area contributed by atoms with Crippen LogP contribution in [-0.2, 0) is 0 Å². The van der Waals surface area contributed by atoms with E-state index >= 15 is 0 Å². The summed E-state index contributed by atoms with van der Waals surface area (Å²) in [5, 5.41) is 1.03. The van der Waals surface area contributed by atoms with Gasteiger partial charge in [0.2, 0.25) is 5.13 Å². The number of hydrogen-bond donors (Lipinski definition) is 1. The molecule has 1 aromatic heterocycles. The van der Waals surface area contributed by atoms with Gasteiger partial charge in [-0.1, -0.05) is 19.3 Å². The normalized spacial score (nSPS) is 17.9. The van der Waals surface area contributed by atoms with Gasteiger partial charge >= 0.3 is 0 Å². The van der Waals surface area contributed by atoms with Crippen molar-refractivity contribution in [2.75, 3.05) is 18.0 Å². The lowest BCUT2D eigenvalue weighted by molar-refractivity contribution is 0.415. The summed E-state index contributed by atoms with van der Waals surface area (Å²) in [6.07, 6.45) is 8.24. The van der Waals surface area contributed by atoms with Crippen molar-refractivity contribution in [3.05, 3.63) is 6.33 Å². The Bertz CT molecular complexity index is 269. The van der Waals surface area contributed by atoms with E-state index in [-0.39, 0.29) is 0 Å². The van der Waals surface area contributed by atoms with Crippen LogP contribution in [-0.4, -0.2) is 28.5 Å². The molecule has 0 saturated heterocycles. The summed E-state index contributed by atoms with van der Waals surface area (Å²) in [5.41, 5.74) is 5.66. The first-order chi connectivity index (χ1) is 7.42. The number of nitrogens with zero attached hydrogens (tertiary/aromatic N) is 3. The van der Waals surface area contributed by atoms with Gasteiger partial charge in [-0.2, -0.15) is 4.37 Å². The second-order valence-corrected chi connectivity index (χ2v) is 4.76. The van der Waals surface area contributed by atoms with E-state index in [2.05, 4.69) is 14.3 Å². The Morgan fingerprint density at radius 1 is 1.40 bits per heavy atom. The maximum Gasteiger partial charge on any atom is 0.205 e. The van der Waals surface area contributed by atoms with Crippen LogP contribution in [0.2, 0.25) is 0 Å². The minimum Gasteiger partial charge on any atom is -0.343 e. The molecule has 5 heteroatoms. The molecule has 0 bridgehead atoms. The average Bonchev–Trinajstić information content (AvgIpc) is 2.80. The quantitative estimate of drug-likeness (QED) is 0.848. The molecule has 0 aliphatic heterocycles. The summed E-state index contributed by atoms with van der Waals surface area (Å²) in [6, 6.07) is 0.634. The lowest BCUT2D eigenvalue weighted by atomic mass is 9.94.